The summed E-state index contributed by atoms with van der Waals surface area (Å²) in [7, 11) is 0. The Morgan fingerprint density at radius 2 is 0.893 bits per heavy atom. The predicted octanol–water partition coefficient (Wildman–Crippen LogP) is 6.31. The molecule has 28 heavy (non-hydrogen) atoms. The van der Waals surface area contributed by atoms with E-state index >= 15 is 0 Å². The number of hydrogen-bond acceptors (Lipinski definition) is 4. The fourth-order valence-corrected chi connectivity index (χ4v) is 4.88. The van der Waals surface area contributed by atoms with Crippen molar-refractivity contribution in [1.29, 1.82) is 0 Å². The summed E-state index contributed by atoms with van der Waals surface area (Å²) in [6.45, 7) is 16.4. The highest BCUT2D eigenvalue weighted by molar-refractivity contribution is 5.66. The molecule has 164 valence electrons. The van der Waals surface area contributed by atoms with E-state index in [1.54, 1.807) is 0 Å². The molecule has 2 unspecified atom stereocenters. The summed E-state index contributed by atoms with van der Waals surface area (Å²) >= 11 is 0. The van der Waals surface area contributed by atoms with E-state index in [4.69, 9.17) is 9.47 Å². The second-order valence-electron chi connectivity index (χ2n) is 10.8. The number of hydrogen-bond donors (Lipinski definition) is 0. The molecule has 4 atom stereocenters. The van der Waals surface area contributed by atoms with Crippen LogP contribution in [0.1, 0.15) is 107 Å². The summed E-state index contributed by atoms with van der Waals surface area (Å²) < 4.78 is 10.8. The van der Waals surface area contributed by atoms with Crippen LogP contribution in [0.4, 0.5) is 0 Å². The lowest BCUT2D eigenvalue weighted by molar-refractivity contribution is -0.154. The van der Waals surface area contributed by atoms with Gasteiger partial charge < -0.3 is 9.47 Å². The van der Waals surface area contributed by atoms with Gasteiger partial charge in [-0.1, -0.05) is 54.4 Å². The van der Waals surface area contributed by atoms with Crippen molar-refractivity contribution in [2.24, 2.45) is 22.7 Å². The van der Waals surface area contributed by atoms with Gasteiger partial charge in [0.25, 0.3) is 0 Å². The van der Waals surface area contributed by atoms with Crippen LogP contribution >= 0.6 is 0 Å². The Labute approximate surface area is 173 Å². The highest BCUT2D eigenvalue weighted by Crippen LogP contribution is 2.40. The van der Waals surface area contributed by atoms with Gasteiger partial charge in [0.2, 0.25) is 0 Å². The fourth-order valence-electron chi connectivity index (χ4n) is 4.88. The van der Waals surface area contributed by atoms with Gasteiger partial charge in [-0.15, -0.1) is 0 Å². The lowest BCUT2D eigenvalue weighted by atomic mass is 9.71. The minimum Gasteiger partial charge on any atom is -0.462 e. The van der Waals surface area contributed by atoms with Gasteiger partial charge in [-0.2, -0.15) is 0 Å². The highest BCUT2D eigenvalue weighted by atomic mass is 16.5. The first-order chi connectivity index (χ1) is 12.8. The summed E-state index contributed by atoms with van der Waals surface area (Å²) in [6, 6.07) is 0. The van der Waals surface area contributed by atoms with Gasteiger partial charge >= 0.3 is 11.9 Å². The fraction of sp³-hybridized carbons (Fsp3) is 0.917. The molecule has 2 aliphatic carbocycles. The van der Waals surface area contributed by atoms with Crippen molar-refractivity contribution in [2.75, 3.05) is 0 Å². The molecule has 2 rings (SSSR count). The van der Waals surface area contributed by atoms with Crippen molar-refractivity contribution < 1.29 is 19.1 Å². The lowest BCUT2D eigenvalue weighted by Crippen LogP contribution is -2.37. The normalized spacial score (nSPS) is 28.6. The summed E-state index contributed by atoms with van der Waals surface area (Å²) in [5, 5.41) is 0. The number of carbonyl (C=O) groups excluding carboxylic acids is 2. The number of esters is 2. The number of rotatable bonds is 2. The van der Waals surface area contributed by atoms with Crippen LogP contribution in [0, 0.1) is 22.7 Å². The Hall–Kier alpha value is -1.06. The molecule has 0 saturated heterocycles. The van der Waals surface area contributed by atoms with Crippen molar-refractivity contribution in [1.82, 2.24) is 0 Å². The topological polar surface area (TPSA) is 52.6 Å². The minimum absolute atomic E-state index is 0.133. The molecule has 2 fully saturated rings. The zero-order valence-corrected chi connectivity index (χ0v) is 19.6. The molecule has 2 saturated carbocycles. The maximum absolute atomic E-state index is 11.0. The number of ether oxygens (including phenoxy) is 2. The van der Waals surface area contributed by atoms with E-state index in [1.165, 1.54) is 52.4 Å². The maximum Gasteiger partial charge on any atom is 0.302 e. The van der Waals surface area contributed by atoms with Gasteiger partial charge in [-0.25, -0.2) is 0 Å². The van der Waals surface area contributed by atoms with E-state index in [-0.39, 0.29) is 35.0 Å². The van der Waals surface area contributed by atoms with E-state index in [0.717, 1.165) is 12.8 Å². The SMILES string of the molecule is CC(=O)OC1CCCCC1C(C)(C)C.CC(=O)O[C@@H]1CCCC[C@@H]1C(C)(C)C. The smallest absolute Gasteiger partial charge is 0.302 e. The van der Waals surface area contributed by atoms with Gasteiger partial charge in [0.15, 0.2) is 0 Å². The third-order valence-electron chi connectivity index (χ3n) is 6.26. The molecule has 0 amide bonds. The molecule has 0 radical (unpaired) electrons. The molecule has 0 aliphatic heterocycles. The predicted molar refractivity (Wildman–Crippen MR) is 114 cm³/mol. The Balaban J connectivity index is 0.000000280. The zero-order chi connectivity index (χ0) is 21.5. The van der Waals surface area contributed by atoms with Crippen molar-refractivity contribution in [2.45, 2.75) is 119 Å². The monoisotopic (exact) mass is 396 g/mol. The average molecular weight is 397 g/mol. The molecule has 0 aromatic carbocycles. The second kappa shape index (κ2) is 10.6. The molecule has 0 N–H and O–H groups in total. The minimum atomic E-state index is -0.133. The molecule has 0 heterocycles. The van der Waals surface area contributed by atoms with Crippen LogP contribution in [0.2, 0.25) is 0 Å². The Kier molecular flexibility index (Phi) is 9.49. The van der Waals surface area contributed by atoms with Gasteiger partial charge in [-0.05, 0) is 49.4 Å². The molecule has 4 nitrogen and oxygen atoms in total. The van der Waals surface area contributed by atoms with Crippen molar-refractivity contribution >= 4 is 11.9 Å². The van der Waals surface area contributed by atoms with E-state index in [2.05, 4.69) is 41.5 Å². The molecule has 0 aromatic heterocycles. The van der Waals surface area contributed by atoms with Crippen LogP contribution in [-0.4, -0.2) is 24.1 Å². The first-order valence-corrected chi connectivity index (χ1v) is 11.2. The summed E-state index contributed by atoms with van der Waals surface area (Å²) in [6.07, 6.45) is 9.74. The Morgan fingerprint density at radius 1 is 0.607 bits per heavy atom. The Bertz CT molecular complexity index is 452. The van der Waals surface area contributed by atoms with Crippen LogP contribution in [0.3, 0.4) is 0 Å². The second-order valence-corrected chi connectivity index (χ2v) is 10.8. The standard InChI is InChI=1S/2C12H22O2/c2*1-9(13)14-11-8-6-5-7-10(11)12(2,3)4/h2*10-11H,5-8H2,1-4H3/t10-,11+;/m0./s1. The van der Waals surface area contributed by atoms with Crippen LogP contribution in [0.25, 0.3) is 0 Å². The van der Waals surface area contributed by atoms with E-state index in [0.29, 0.717) is 11.8 Å². The van der Waals surface area contributed by atoms with Gasteiger partial charge in [0.05, 0.1) is 0 Å². The molecule has 2 aliphatic rings. The molecular weight excluding hydrogens is 352 g/mol. The van der Waals surface area contributed by atoms with Gasteiger partial charge in [-0.3, -0.25) is 9.59 Å². The van der Waals surface area contributed by atoms with Crippen molar-refractivity contribution in [3.05, 3.63) is 0 Å². The van der Waals surface area contributed by atoms with Crippen molar-refractivity contribution in [3.63, 3.8) is 0 Å². The third kappa shape index (κ3) is 8.53. The average Bonchev–Trinajstić information content (AvgIpc) is 2.53. The third-order valence-corrected chi connectivity index (χ3v) is 6.26. The Morgan fingerprint density at radius 3 is 1.14 bits per heavy atom. The summed E-state index contributed by atoms with van der Waals surface area (Å²) in [4.78, 5) is 21.9. The first-order valence-electron chi connectivity index (χ1n) is 11.2. The maximum atomic E-state index is 11.0. The largest absolute Gasteiger partial charge is 0.462 e. The zero-order valence-electron chi connectivity index (χ0n) is 19.6. The van der Waals surface area contributed by atoms with Crippen LogP contribution in [0.5, 0.6) is 0 Å². The molecule has 4 heteroatoms. The van der Waals surface area contributed by atoms with E-state index in [1.807, 2.05) is 0 Å². The highest BCUT2D eigenvalue weighted by Gasteiger charge is 2.36. The lowest BCUT2D eigenvalue weighted by Gasteiger charge is -2.39. The van der Waals surface area contributed by atoms with Crippen LogP contribution in [0.15, 0.2) is 0 Å². The summed E-state index contributed by atoms with van der Waals surface area (Å²) in [5.41, 5.74) is 0.501. The van der Waals surface area contributed by atoms with Gasteiger partial charge in [0.1, 0.15) is 12.2 Å². The van der Waals surface area contributed by atoms with E-state index < -0.39 is 0 Å². The van der Waals surface area contributed by atoms with Gasteiger partial charge in [0, 0.05) is 25.7 Å². The number of carbonyl (C=O) groups is 2. The first kappa shape index (κ1) is 25.0. The van der Waals surface area contributed by atoms with Crippen molar-refractivity contribution in [3.8, 4) is 0 Å². The van der Waals surface area contributed by atoms with E-state index in [9.17, 15) is 9.59 Å². The molecule has 0 spiro atoms. The van der Waals surface area contributed by atoms with Crippen LogP contribution in [-0.2, 0) is 19.1 Å². The molecule has 0 bridgehead atoms. The summed E-state index contributed by atoms with van der Waals surface area (Å²) in [5.74, 6) is 0.789. The molecular formula is C24H44O4. The van der Waals surface area contributed by atoms with Crippen LogP contribution < -0.4 is 0 Å². The molecule has 0 aromatic rings. The quantitative estimate of drug-likeness (QED) is 0.513.